The Bertz CT molecular complexity index is 804. The number of nitrogens with one attached hydrogen (secondary N) is 1. The highest BCUT2D eigenvalue weighted by Crippen LogP contribution is 2.17. The summed E-state index contributed by atoms with van der Waals surface area (Å²) in [7, 11) is 0. The highest BCUT2D eigenvalue weighted by atomic mass is 79.9. The first-order valence-corrected chi connectivity index (χ1v) is 9.22. The Morgan fingerprint density at radius 1 is 1.20 bits per heavy atom. The van der Waals surface area contributed by atoms with Gasteiger partial charge in [0, 0.05) is 36.1 Å². The average molecular weight is 401 g/mol. The van der Waals surface area contributed by atoms with Gasteiger partial charge in [0.2, 0.25) is 5.91 Å². The molecular formula is C20H21BrN2O2. The van der Waals surface area contributed by atoms with Crippen LogP contribution < -0.4 is 5.32 Å². The van der Waals surface area contributed by atoms with Crippen molar-refractivity contribution in [2.45, 2.75) is 32.9 Å². The Hall–Kier alpha value is -2.14. The predicted octanol–water partition coefficient (Wildman–Crippen LogP) is 3.81. The van der Waals surface area contributed by atoms with Crippen molar-refractivity contribution in [3.05, 3.63) is 69.2 Å². The first-order chi connectivity index (χ1) is 12.0. The Kier molecular flexibility index (Phi) is 5.53. The van der Waals surface area contributed by atoms with Gasteiger partial charge in [-0.2, -0.15) is 0 Å². The van der Waals surface area contributed by atoms with Gasteiger partial charge in [0.1, 0.15) is 0 Å². The predicted molar refractivity (Wildman–Crippen MR) is 101 cm³/mol. The monoisotopic (exact) mass is 400 g/mol. The van der Waals surface area contributed by atoms with Crippen LogP contribution in [0.5, 0.6) is 0 Å². The van der Waals surface area contributed by atoms with Crippen LogP contribution >= 0.6 is 15.9 Å². The van der Waals surface area contributed by atoms with E-state index in [1.165, 1.54) is 0 Å². The van der Waals surface area contributed by atoms with Crippen LogP contribution in [0.4, 0.5) is 0 Å². The van der Waals surface area contributed by atoms with Crippen LogP contribution in [0.2, 0.25) is 0 Å². The van der Waals surface area contributed by atoms with E-state index in [0.717, 1.165) is 34.1 Å². The van der Waals surface area contributed by atoms with E-state index < -0.39 is 0 Å². The average Bonchev–Trinajstić information content (AvgIpc) is 2.98. The number of rotatable bonds is 5. The lowest BCUT2D eigenvalue weighted by Gasteiger charge is -2.16. The first-order valence-electron chi connectivity index (χ1n) is 8.43. The van der Waals surface area contributed by atoms with Gasteiger partial charge in [0.25, 0.3) is 5.91 Å². The van der Waals surface area contributed by atoms with Gasteiger partial charge in [0.05, 0.1) is 0 Å². The zero-order chi connectivity index (χ0) is 17.8. The number of likely N-dealkylation sites (tertiary alicyclic amines) is 1. The quantitative estimate of drug-likeness (QED) is 0.829. The zero-order valence-corrected chi connectivity index (χ0v) is 15.8. The van der Waals surface area contributed by atoms with E-state index in [4.69, 9.17) is 0 Å². The van der Waals surface area contributed by atoms with E-state index in [2.05, 4.69) is 27.3 Å². The van der Waals surface area contributed by atoms with E-state index in [-0.39, 0.29) is 11.8 Å². The van der Waals surface area contributed by atoms with Crippen LogP contribution in [0.15, 0.2) is 46.9 Å². The number of carbonyl (C=O) groups excluding carboxylic acids is 2. The van der Waals surface area contributed by atoms with Gasteiger partial charge in [-0.25, -0.2) is 0 Å². The number of hydrogen-bond donors (Lipinski definition) is 1. The molecule has 1 N–H and O–H groups in total. The summed E-state index contributed by atoms with van der Waals surface area (Å²) in [5.74, 6) is 0.148. The maximum Gasteiger partial charge on any atom is 0.251 e. The van der Waals surface area contributed by atoms with Crippen molar-refractivity contribution in [2.75, 3.05) is 6.54 Å². The van der Waals surface area contributed by atoms with Gasteiger partial charge in [-0.15, -0.1) is 0 Å². The molecule has 130 valence electrons. The molecule has 0 aliphatic carbocycles. The third-order valence-electron chi connectivity index (χ3n) is 4.42. The van der Waals surface area contributed by atoms with Gasteiger partial charge in [0.15, 0.2) is 0 Å². The van der Waals surface area contributed by atoms with E-state index >= 15 is 0 Å². The SMILES string of the molecule is Cc1cc(Br)ccc1C(=O)NCc1cccc(CN2CCCC2=O)c1. The molecule has 4 nitrogen and oxygen atoms in total. The lowest BCUT2D eigenvalue weighted by molar-refractivity contribution is -0.128. The summed E-state index contributed by atoms with van der Waals surface area (Å²) in [4.78, 5) is 26.0. The molecule has 1 fully saturated rings. The fourth-order valence-electron chi connectivity index (χ4n) is 3.09. The highest BCUT2D eigenvalue weighted by Gasteiger charge is 2.20. The van der Waals surface area contributed by atoms with Gasteiger partial charge in [-0.1, -0.05) is 40.2 Å². The fourth-order valence-corrected chi connectivity index (χ4v) is 3.56. The van der Waals surface area contributed by atoms with E-state index in [0.29, 0.717) is 25.1 Å². The summed E-state index contributed by atoms with van der Waals surface area (Å²) in [5.41, 5.74) is 3.75. The van der Waals surface area contributed by atoms with Crippen molar-refractivity contribution >= 4 is 27.7 Å². The van der Waals surface area contributed by atoms with E-state index in [1.54, 1.807) is 0 Å². The summed E-state index contributed by atoms with van der Waals surface area (Å²) >= 11 is 3.41. The Morgan fingerprint density at radius 2 is 2.00 bits per heavy atom. The molecule has 1 heterocycles. The maximum absolute atomic E-state index is 12.4. The van der Waals surface area contributed by atoms with Crippen LogP contribution in [-0.4, -0.2) is 23.3 Å². The van der Waals surface area contributed by atoms with Crippen LogP contribution in [0.3, 0.4) is 0 Å². The Morgan fingerprint density at radius 3 is 2.72 bits per heavy atom. The Labute approximate surface area is 156 Å². The lowest BCUT2D eigenvalue weighted by Crippen LogP contribution is -2.25. The molecule has 2 aromatic carbocycles. The van der Waals surface area contributed by atoms with Crippen molar-refractivity contribution in [1.82, 2.24) is 10.2 Å². The number of amides is 2. The second kappa shape index (κ2) is 7.83. The zero-order valence-electron chi connectivity index (χ0n) is 14.2. The minimum Gasteiger partial charge on any atom is -0.348 e. The summed E-state index contributed by atoms with van der Waals surface area (Å²) in [6, 6.07) is 13.7. The second-order valence-electron chi connectivity index (χ2n) is 6.38. The van der Waals surface area contributed by atoms with E-state index in [9.17, 15) is 9.59 Å². The van der Waals surface area contributed by atoms with Gasteiger partial charge < -0.3 is 10.2 Å². The van der Waals surface area contributed by atoms with Crippen molar-refractivity contribution in [3.8, 4) is 0 Å². The van der Waals surface area contributed by atoms with Gasteiger partial charge in [-0.3, -0.25) is 9.59 Å². The van der Waals surface area contributed by atoms with Crippen LogP contribution in [0, 0.1) is 6.92 Å². The summed E-state index contributed by atoms with van der Waals surface area (Å²) in [5, 5.41) is 2.97. The molecule has 0 aromatic heterocycles. The number of hydrogen-bond acceptors (Lipinski definition) is 2. The molecular weight excluding hydrogens is 380 g/mol. The van der Waals surface area contributed by atoms with Crippen LogP contribution in [0.1, 0.15) is 39.9 Å². The minimum absolute atomic E-state index is 0.0786. The molecule has 2 aromatic rings. The van der Waals surface area contributed by atoms with Crippen molar-refractivity contribution in [1.29, 1.82) is 0 Å². The molecule has 0 saturated carbocycles. The maximum atomic E-state index is 12.4. The third-order valence-corrected chi connectivity index (χ3v) is 4.92. The summed E-state index contributed by atoms with van der Waals surface area (Å²) in [6.45, 7) is 3.87. The first kappa shape index (κ1) is 17.7. The van der Waals surface area contributed by atoms with Crippen LogP contribution in [-0.2, 0) is 17.9 Å². The number of halogens is 1. The Balaban J connectivity index is 1.62. The summed E-state index contributed by atoms with van der Waals surface area (Å²) < 4.78 is 0.964. The molecule has 0 radical (unpaired) electrons. The number of nitrogens with zero attached hydrogens (tertiary/aromatic N) is 1. The largest absolute Gasteiger partial charge is 0.348 e. The lowest BCUT2D eigenvalue weighted by atomic mass is 10.1. The third kappa shape index (κ3) is 4.48. The molecule has 1 saturated heterocycles. The molecule has 0 bridgehead atoms. The molecule has 0 spiro atoms. The standard InChI is InChI=1S/C20H21BrN2O2/c1-14-10-17(21)7-8-18(14)20(25)22-12-15-4-2-5-16(11-15)13-23-9-3-6-19(23)24/h2,4-5,7-8,10-11H,3,6,9,12-13H2,1H3,(H,22,25). The number of benzene rings is 2. The second-order valence-corrected chi connectivity index (χ2v) is 7.30. The smallest absolute Gasteiger partial charge is 0.251 e. The minimum atomic E-state index is -0.0786. The molecule has 5 heteroatoms. The van der Waals surface area contributed by atoms with Gasteiger partial charge in [-0.05, 0) is 48.2 Å². The molecule has 1 aliphatic rings. The van der Waals surface area contributed by atoms with Crippen molar-refractivity contribution in [2.24, 2.45) is 0 Å². The molecule has 25 heavy (non-hydrogen) atoms. The van der Waals surface area contributed by atoms with Crippen molar-refractivity contribution < 1.29 is 9.59 Å². The van der Waals surface area contributed by atoms with Gasteiger partial charge >= 0.3 is 0 Å². The normalized spacial score (nSPS) is 14.0. The van der Waals surface area contributed by atoms with Crippen molar-refractivity contribution in [3.63, 3.8) is 0 Å². The topological polar surface area (TPSA) is 49.4 Å². The number of carbonyl (C=O) groups is 2. The van der Waals surface area contributed by atoms with E-state index in [1.807, 2.05) is 48.2 Å². The molecule has 3 rings (SSSR count). The van der Waals surface area contributed by atoms with Crippen LogP contribution in [0.25, 0.3) is 0 Å². The molecule has 0 atom stereocenters. The summed E-state index contributed by atoms with van der Waals surface area (Å²) in [6.07, 6.45) is 1.60. The number of aryl methyl sites for hydroxylation is 1. The molecule has 1 aliphatic heterocycles. The highest BCUT2D eigenvalue weighted by molar-refractivity contribution is 9.10. The fraction of sp³-hybridized carbons (Fsp3) is 0.300. The molecule has 2 amide bonds. The molecule has 0 unspecified atom stereocenters.